The van der Waals surface area contributed by atoms with Crippen molar-refractivity contribution in [2.75, 3.05) is 0 Å². The number of thiol groups is 1. The van der Waals surface area contributed by atoms with Gasteiger partial charge in [-0.2, -0.15) is 5.26 Å². The van der Waals surface area contributed by atoms with Crippen LogP contribution in [0.15, 0.2) is 22.4 Å². The summed E-state index contributed by atoms with van der Waals surface area (Å²) in [5, 5.41) is 19.1. The topological polar surface area (TPSA) is 44.0 Å². The molecule has 1 aromatic carbocycles. The van der Waals surface area contributed by atoms with E-state index in [2.05, 4.69) is 18.7 Å². The molecule has 0 bridgehead atoms. The third kappa shape index (κ3) is 1.40. The molecule has 0 atom stereocenters. The number of rotatable bonds is 1. The molecule has 4 heteroatoms. The highest BCUT2D eigenvalue weighted by atomic mass is 32.2. The molecule has 14 heavy (non-hydrogen) atoms. The molecule has 0 aliphatic rings. The van der Waals surface area contributed by atoms with Gasteiger partial charge in [0.2, 0.25) is 0 Å². The number of hydrogen-bond donors (Lipinski definition) is 2. The fourth-order valence-corrected chi connectivity index (χ4v) is 2.76. The van der Waals surface area contributed by atoms with Crippen LogP contribution in [0.25, 0.3) is 10.1 Å². The highest BCUT2D eigenvalue weighted by Crippen LogP contribution is 2.32. The van der Waals surface area contributed by atoms with E-state index in [1.807, 2.05) is 12.1 Å². The standard InChI is InChI=1S/C10H7NOS2/c11-4-7-2-1-6-3-9(13)14-10(6)8(7)5-12/h1-3,12-13H,5H2. The van der Waals surface area contributed by atoms with Crippen LogP contribution in [0, 0.1) is 11.3 Å². The Labute approximate surface area is 90.8 Å². The number of fused-ring (bicyclic) bond motifs is 1. The summed E-state index contributed by atoms with van der Waals surface area (Å²) < 4.78 is 1.85. The van der Waals surface area contributed by atoms with Crippen LogP contribution >= 0.6 is 24.0 Å². The van der Waals surface area contributed by atoms with Crippen molar-refractivity contribution in [3.63, 3.8) is 0 Å². The lowest BCUT2D eigenvalue weighted by molar-refractivity contribution is 0.283. The Morgan fingerprint density at radius 2 is 2.29 bits per heavy atom. The molecule has 0 fully saturated rings. The summed E-state index contributed by atoms with van der Waals surface area (Å²) in [4.78, 5) is 0. The molecule has 0 spiro atoms. The van der Waals surface area contributed by atoms with E-state index in [1.165, 1.54) is 11.3 Å². The Morgan fingerprint density at radius 3 is 2.93 bits per heavy atom. The van der Waals surface area contributed by atoms with Gasteiger partial charge >= 0.3 is 0 Å². The Kier molecular flexibility index (Phi) is 2.46. The van der Waals surface area contributed by atoms with Crippen LogP contribution < -0.4 is 0 Å². The van der Waals surface area contributed by atoms with Crippen molar-refractivity contribution >= 4 is 34.1 Å². The lowest BCUT2D eigenvalue weighted by Crippen LogP contribution is -1.88. The zero-order valence-electron chi connectivity index (χ0n) is 7.19. The normalized spacial score (nSPS) is 10.4. The van der Waals surface area contributed by atoms with Crippen LogP contribution in [0.1, 0.15) is 11.1 Å². The minimum absolute atomic E-state index is 0.103. The quantitative estimate of drug-likeness (QED) is 0.727. The predicted octanol–water partition coefficient (Wildman–Crippen LogP) is 2.55. The van der Waals surface area contributed by atoms with Crippen molar-refractivity contribution in [2.45, 2.75) is 10.8 Å². The minimum atomic E-state index is -0.103. The summed E-state index contributed by atoms with van der Waals surface area (Å²) in [6, 6.07) is 7.61. The molecule has 70 valence electrons. The predicted molar refractivity (Wildman–Crippen MR) is 59.7 cm³/mol. The molecule has 0 aliphatic carbocycles. The zero-order valence-corrected chi connectivity index (χ0v) is 8.90. The monoisotopic (exact) mass is 221 g/mol. The number of aliphatic hydroxyl groups excluding tert-OH is 1. The smallest absolute Gasteiger partial charge is 0.0995 e. The van der Waals surface area contributed by atoms with Crippen LogP contribution in [0.2, 0.25) is 0 Å². The second-order valence-corrected chi connectivity index (χ2v) is 4.70. The molecule has 1 aromatic heterocycles. The first kappa shape index (κ1) is 9.53. The van der Waals surface area contributed by atoms with Crippen LogP contribution in [-0.2, 0) is 6.61 Å². The van der Waals surface area contributed by atoms with E-state index in [9.17, 15) is 5.11 Å². The summed E-state index contributed by atoms with van der Waals surface area (Å²) in [5.74, 6) is 0. The molecule has 2 aromatic rings. The van der Waals surface area contributed by atoms with Gasteiger partial charge in [-0.05, 0) is 17.5 Å². The summed E-state index contributed by atoms with van der Waals surface area (Å²) >= 11 is 5.73. The first-order chi connectivity index (χ1) is 6.76. The first-order valence-corrected chi connectivity index (χ1v) is 5.28. The molecule has 1 heterocycles. The van der Waals surface area contributed by atoms with Gasteiger partial charge in [-0.1, -0.05) is 6.07 Å². The second-order valence-electron chi connectivity index (χ2n) is 2.86. The highest BCUT2D eigenvalue weighted by molar-refractivity contribution is 7.83. The number of nitrogens with zero attached hydrogens (tertiary/aromatic N) is 1. The van der Waals surface area contributed by atoms with E-state index in [1.54, 1.807) is 6.07 Å². The molecule has 1 N–H and O–H groups in total. The van der Waals surface area contributed by atoms with Crippen molar-refractivity contribution in [2.24, 2.45) is 0 Å². The van der Waals surface area contributed by atoms with Crippen molar-refractivity contribution in [1.29, 1.82) is 5.26 Å². The van der Waals surface area contributed by atoms with E-state index < -0.39 is 0 Å². The Balaban J connectivity index is 2.84. The van der Waals surface area contributed by atoms with Gasteiger partial charge < -0.3 is 5.11 Å². The van der Waals surface area contributed by atoms with Crippen LogP contribution in [-0.4, -0.2) is 5.11 Å². The maximum Gasteiger partial charge on any atom is 0.0995 e. The molecular weight excluding hydrogens is 214 g/mol. The van der Waals surface area contributed by atoms with Gasteiger partial charge in [-0.3, -0.25) is 0 Å². The van der Waals surface area contributed by atoms with E-state index in [-0.39, 0.29) is 6.61 Å². The SMILES string of the molecule is N#Cc1ccc2cc(S)sc2c1CO. The van der Waals surface area contributed by atoms with Crippen molar-refractivity contribution in [3.05, 3.63) is 29.3 Å². The molecule has 2 nitrogen and oxygen atoms in total. The molecule has 0 unspecified atom stereocenters. The molecule has 0 saturated heterocycles. The number of benzene rings is 1. The fourth-order valence-electron chi connectivity index (χ4n) is 1.41. The zero-order chi connectivity index (χ0) is 10.1. The summed E-state index contributed by atoms with van der Waals surface area (Å²) in [5.41, 5.74) is 1.24. The Bertz CT molecular complexity index is 525. The summed E-state index contributed by atoms with van der Waals surface area (Å²) in [6.07, 6.45) is 0. The van der Waals surface area contributed by atoms with Gasteiger partial charge in [0.05, 0.1) is 22.4 Å². The van der Waals surface area contributed by atoms with Gasteiger partial charge in [-0.15, -0.1) is 24.0 Å². The second kappa shape index (κ2) is 3.62. The highest BCUT2D eigenvalue weighted by Gasteiger charge is 2.08. The van der Waals surface area contributed by atoms with Crippen molar-refractivity contribution in [1.82, 2.24) is 0 Å². The average molecular weight is 221 g/mol. The lowest BCUT2D eigenvalue weighted by atomic mass is 10.1. The van der Waals surface area contributed by atoms with Gasteiger partial charge in [0.1, 0.15) is 0 Å². The van der Waals surface area contributed by atoms with E-state index in [4.69, 9.17) is 5.26 Å². The van der Waals surface area contributed by atoms with Gasteiger partial charge in [0.15, 0.2) is 0 Å². The average Bonchev–Trinajstić information content (AvgIpc) is 2.56. The van der Waals surface area contributed by atoms with Crippen molar-refractivity contribution in [3.8, 4) is 6.07 Å². The number of nitriles is 1. The minimum Gasteiger partial charge on any atom is -0.392 e. The first-order valence-electron chi connectivity index (χ1n) is 4.01. The number of aliphatic hydroxyl groups is 1. The summed E-state index contributed by atoms with van der Waals surface area (Å²) in [6.45, 7) is -0.103. The van der Waals surface area contributed by atoms with Crippen molar-refractivity contribution < 1.29 is 5.11 Å². The maximum absolute atomic E-state index is 9.19. The Hall–Kier alpha value is -1.02. The molecule has 0 radical (unpaired) electrons. The molecule has 2 rings (SSSR count). The molecule has 0 saturated carbocycles. The molecule has 0 aliphatic heterocycles. The molecular formula is C10H7NOS2. The van der Waals surface area contributed by atoms with Crippen LogP contribution in [0.4, 0.5) is 0 Å². The van der Waals surface area contributed by atoms with Crippen LogP contribution in [0.3, 0.4) is 0 Å². The lowest BCUT2D eigenvalue weighted by Gasteiger charge is -2.00. The number of thiophene rings is 1. The summed E-state index contributed by atoms with van der Waals surface area (Å²) in [7, 11) is 0. The fraction of sp³-hybridized carbons (Fsp3) is 0.100. The van der Waals surface area contributed by atoms with Gasteiger partial charge in [0.25, 0.3) is 0 Å². The van der Waals surface area contributed by atoms with Crippen LogP contribution in [0.5, 0.6) is 0 Å². The van der Waals surface area contributed by atoms with E-state index >= 15 is 0 Å². The largest absolute Gasteiger partial charge is 0.392 e. The number of hydrogen-bond acceptors (Lipinski definition) is 4. The Morgan fingerprint density at radius 1 is 1.50 bits per heavy atom. The molecule has 0 amide bonds. The third-order valence-electron chi connectivity index (χ3n) is 2.06. The third-order valence-corrected chi connectivity index (χ3v) is 3.47. The van der Waals surface area contributed by atoms with E-state index in [0.29, 0.717) is 11.1 Å². The van der Waals surface area contributed by atoms with Gasteiger partial charge in [0, 0.05) is 10.3 Å². The van der Waals surface area contributed by atoms with E-state index in [0.717, 1.165) is 14.3 Å². The van der Waals surface area contributed by atoms with Gasteiger partial charge in [-0.25, -0.2) is 0 Å². The maximum atomic E-state index is 9.19.